The van der Waals surface area contributed by atoms with Crippen LogP contribution in [0.25, 0.3) is 98.4 Å². The molecule has 10 aromatic rings. The minimum absolute atomic E-state index is 0.0229. The zero-order chi connectivity index (χ0) is 35.3. The monoisotopic (exact) mass is 672 g/mol. The zero-order valence-corrected chi connectivity index (χ0v) is 29.8. The normalized spacial score (nSPS) is 13.2. The van der Waals surface area contributed by atoms with Crippen molar-refractivity contribution >= 4 is 53.9 Å². The van der Waals surface area contributed by atoms with Crippen LogP contribution in [0.3, 0.4) is 0 Å². The molecule has 0 N–H and O–H groups in total. The second-order valence-electron chi connectivity index (χ2n) is 15.3. The molecule has 248 valence electrons. The molecule has 1 aliphatic carbocycles. The molecule has 0 unspecified atom stereocenters. The van der Waals surface area contributed by atoms with Gasteiger partial charge >= 0.3 is 0 Å². The Bertz CT molecular complexity index is 3140. The maximum Gasteiger partial charge on any atom is 0.0159 e. The molecule has 0 aliphatic heterocycles. The van der Waals surface area contributed by atoms with Gasteiger partial charge in [-0.1, -0.05) is 166 Å². The van der Waals surface area contributed by atoms with Crippen LogP contribution < -0.4 is 0 Å². The van der Waals surface area contributed by atoms with Gasteiger partial charge in [0.05, 0.1) is 0 Å². The van der Waals surface area contributed by atoms with Crippen molar-refractivity contribution in [2.24, 2.45) is 0 Å². The van der Waals surface area contributed by atoms with E-state index in [0.717, 1.165) is 0 Å². The summed E-state index contributed by atoms with van der Waals surface area (Å²) in [4.78, 5) is 0. The number of rotatable bonds is 3. The molecule has 0 saturated heterocycles. The van der Waals surface area contributed by atoms with Crippen LogP contribution in [0.5, 0.6) is 0 Å². The van der Waals surface area contributed by atoms with E-state index in [1.807, 2.05) is 0 Å². The Morgan fingerprint density at radius 1 is 0.264 bits per heavy atom. The van der Waals surface area contributed by atoms with E-state index in [1.165, 1.54) is 109 Å². The smallest absolute Gasteiger partial charge is 0.0159 e. The summed E-state index contributed by atoms with van der Waals surface area (Å²) in [5.41, 5.74) is 13.0. The third-order valence-electron chi connectivity index (χ3n) is 12.0. The predicted octanol–water partition coefficient (Wildman–Crippen LogP) is 14.8. The molecule has 0 amide bonds. The Balaban J connectivity index is 1.03. The summed E-state index contributed by atoms with van der Waals surface area (Å²) < 4.78 is 0. The van der Waals surface area contributed by atoms with Crippen LogP contribution in [-0.4, -0.2) is 0 Å². The molecule has 1 aliphatic rings. The number of benzene rings is 10. The van der Waals surface area contributed by atoms with Gasteiger partial charge in [-0.15, -0.1) is 0 Å². The highest BCUT2D eigenvalue weighted by Crippen LogP contribution is 2.49. The van der Waals surface area contributed by atoms with Gasteiger partial charge < -0.3 is 0 Å². The van der Waals surface area contributed by atoms with Gasteiger partial charge in [0, 0.05) is 5.41 Å². The van der Waals surface area contributed by atoms with Crippen molar-refractivity contribution in [3.8, 4) is 44.5 Å². The molecule has 0 heterocycles. The Labute approximate surface area is 309 Å². The minimum Gasteiger partial charge on any atom is -0.0619 e. The maximum atomic E-state index is 2.43. The fourth-order valence-corrected chi connectivity index (χ4v) is 9.27. The first-order valence-corrected chi connectivity index (χ1v) is 18.7. The quantitative estimate of drug-likeness (QED) is 0.164. The molecule has 0 spiro atoms. The molecule has 0 fully saturated rings. The average Bonchev–Trinajstić information content (AvgIpc) is 3.45. The van der Waals surface area contributed by atoms with Crippen LogP contribution in [0.4, 0.5) is 0 Å². The van der Waals surface area contributed by atoms with Gasteiger partial charge in [0.15, 0.2) is 0 Å². The highest BCUT2D eigenvalue weighted by molar-refractivity contribution is 6.18. The average molecular weight is 673 g/mol. The van der Waals surface area contributed by atoms with Gasteiger partial charge in [0.2, 0.25) is 0 Å². The highest BCUT2D eigenvalue weighted by atomic mass is 14.4. The third kappa shape index (κ3) is 4.55. The largest absolute Gasteiger partial charge is 0.0619 e. The fourth-order valence-electron chi connectivity index (χ4n) is 9.27. The molecule has 53 heavy (non-hydrogen) atoms. The summed E-state index contributed by atoms with van der Waals surface area (Å²) in [6.07, 6.45) is 0. The summed E-state index contributed by atoms with van der Waals surface area (Å²) in [7, 11) is 0. The van der Waals surface area contributed by atoms with E-state index in [4.69, 9.17) is 0 Å². The lowest BCUT2D eigenvalue weighted by Gasteiger charge is -2.22. The number of hydrogen-bond acceptors (Lipinski definition) is 0. The van der Waals surface area contributed by atoms with Crippen molar-refractivity contribution in [3.63, 3.8) is 0 Å². The molecular weight excluding hydrogens is 637 g/mol. The Morgan fingerprint density at radius 3 is 1.55 bits per heavy atom. The summed E-state index contributed by atoms with van der Waals surface area (Å²) in [6.45, 7) is 4.72. The fraction of sp³-hybridized carbons (Fsp3) is 0.0566. The number of fused-ring (bicyclic) bond motifs is 11. The maximum absolute atomic E-state index is 2.43. The summed E-state index contributed by atoms with van der Waals surface area (Å²) >= 11 is 0. The Hall–Kier alpha value is -6.50. The van der Waals surface area contributed by atoms with E-state index in [9.17, 15) is 0 Å². The molecule has 0 atom stereocenters. The lowest BCUT2D eigenvalue weighted by atomic mass is 9.81. The zero-order valence-electron chi connectivity index (χ0n) is 29.8. The Morgan fingerprint density at radius 2 is 0.792 bits per heavy atom. The lowest BCUT2D eigenvalue weighted by Crippen LogP contribution is -2.14. The van der Waals surface area contributed by atoms with Crippen LogP contribution in [-0.2, 0) is 5.41 Å². The van der Waals surface area contributed by atoms with Gasteiger partial charge in [-0.25, -0.2) is 0 Å². The summed E-state index contributed by atoms with van der Waals surface area (Å²) in [6, 6.07) is 68.0. The first-order chi connectivity index (χ1) is 26.0. The molecule has 0 nitrogen and oxygen atoms in total. The van der Waals surface area contributed by atoms with Crippen LogP contribution in [0.1, 0.15) is 25.0 Å². The molecule has 0 bridgehead atoms. The Kier molecular flexibility index (Phi) is 6.40. The van der Waals surface area contributed by atoms with E-state index in [0.29, 0.717) is 0 Å². The third-order valence-corrected chi connectivity index (χ3v) is 12.0. The molecule has 10 aromatic carbocycles. The first kappa shape index (κ1) is 30.2. The molecule has 11 rings (SSSR count). The van der Waals surface area contributed by atoms with Crippen molar-refractivity contribution in [2.45, 2.75) is 19.3 Å². The van der Waals surface area contributed by atoms with E-state index in [2.05, 4.69) is 196 Å². The van der Waals surface area contributed by atoms with E-state index >= 15 is 0 Å². The van der Waals surface area contributed by atoms with Gasteiger partial charge in [-0.05, 0) is 140 Å². The lowest BCUT2D eigenvalue weighted by molar-refractivity contribution is 0.660. The molecule has 0 saturated carbocycles. The van der Waals surface area contributed by atoms with Gasteiger partial charge in [0.1, 0.15) is 0 Å². The standard InChI is InChI=1S/C53H36/c1-53(2)51-17-8-7-16-46(51)47-27-24-38(32-52(47)53)37-21-19-34-23-25-44-45(49(34)30-37)26-22-33-18-20-36(29-48(33)44)35-11-9-12-39(28-35)50-31-40-10-3-4-13-41(40)42-14-5-6-15-43(42)50/h3-32H,1-2H3. The van der Waals surface area contributed by atoms with Crippen molar-refractivity contribution in [1.82, 2.24) is 0 Å². The van der Waals surface area contributed by atoms with Crippen molar-refractivity contribution in [2.75, 3.05) is 0 Å². The number of hydrogen-bond donors (Lipinski definition) is 0. The minimum atomic E-state index is -0.0229. The molecular formula is C53H36. The van der Waals surface area contributed by atoms with Gasteiger partial charge in [-0.2, -0.15) is 0 Å². The second-order valence-corrected chi connectivity index (χ2v) is 15.3. The SMILES string of the molecule is CC1(C)c2ccccc2-c2ccc(-c3ccc4ccc5c6cc(-c7cccc(-c8cc9ccccc9c9ccccc89)c7)ccc6ccc5c4c3)cc21. The van der Waals surface area contributed by atoms with Gasteiger partial charge in [0.25, 0.3) is 0 Å². The summed E-state index contributed by atoms with van der Waals surface area (Å²) in [5.74, 6) is 0. The highest BCUT2D eigenvalue weighted by Gasteiger charge is 2.35. The van der Waals surface area contributed by atoms with Crippen molar-refractivity contribution in [3.05, 3.63) is 193 Å². The molecule has 0 radical (unpaired) electrons. The topological polar surface area (TPSA) is 0 Å². The van der Waals surface area contributed by atoms with Crippen molar-refractivity contribution in [1.29, 1.82) is 0 Å². The predicted molar refractivity (Wildman–Crippen MR) is 228 cm³/mol. The van der Waals surface area contributed by atoms with Crippen LogP contribution in [0.15, 0.2) is 182 Å². The van der Waals surface area contributed by atoms with Crippen molar-refractivity contribution < 1.29 is 0 Å². The summed E-state index contributed by atoms with van der Waals surface area (Å²) in [5, 5.41) is 12.8. The first-order valence-electron chi connectivity index (χ1n) is 18.7. The van der Waals surface area contributed by atoms with Crippen LogP contribution >= 0.6 is 0 Å². The molecule has 0 aromatic heterocycles. The van der Waals surface area contributed by atoms with E-state index < -0.39 is 0 Å². The van der Waals surface area contributed by atoms with Gasteiger partial charge in [-0.3, -0.25) is 0 Å². The second kappa shape index (κ2) is 11.2. The van der Waals surface area contributed by atoms with E-state index in [1.54, 1.807) is 0 Å². The van der Waals surface area contributed by atoms with Crippen LogP contribution in [0.2, 0.25) is 0 Å². The molecule has 0 heteroatoms. The van der Waals surface area contributed by atoms with E-state index in [-0.39, 0.29) is 5.41 Å². The van der Waals surface area contributed by atoms with Crippen LogP contribution in [0, 0.1) is 0 Å².